The minimum atomic E-state index is -2.99. The molecular formula is C12H19F2NO4. The topological polar surface area (TPSA) is 66.8 Å². The quantitative estimate of drug-likeness (QED) is 0.862. The van der Waals surface area contributed by atoms with Crippen LogP contribution in [0.15, 0.2) is 0 Å². The van der Waals surface area contributed by atoms with Crippen LogP contribution in [-0.4, -0.2) is 46.2 Å². The van der Waals surface area contributed by atoms with Crippen LogP contribution < -0.4 is 0 Å². The Labute approximate surface area is 110 Å². The van der Waals surface area contributed by atoms with Crippen LogP contribution in [0.4, 0.5) is 13.6 Å². The van der Waals surface area contributed by atoms with Gasteiger partial charge in [0, 0.05) is 18.9 Å². The Hall–Kier alpha value is -1.40. The monoisotopic (exact) mass is 279 g/mol. The number of nitrogens with zero attached hydrogens (tertiary/aromatic N) is 1. The molecule has 5 nitrogen and oxygen atoms in total. The van der Waals surface area contributed by atoms with E-state index in [1.165, 1.54) is 0 Å². The summed E-state index contributed by atoms with van der Waals surface area (Å²) in [6, 6.07) is -0.791. The molecule has 1 amide bonds. The van der Waals surface area contributed by atoms with Crippen molar-refractivity contribution in [3.8, 4) is 0 Å². The van der Waals surface area contributed by atoms with E-state index < -0.39 is 42.6 Å². The largest absolute Gasteiger partial charge is 0.481 e. The lowest BCUT2D eigenvalue weighted by molar-refractivity contribution is -0.137. The normalized spacial score (nSPS) is 22.4. The van der Waals surface area contributed by atoms with Gasteiger partial charge >= 0.3 is 12.1 Å². The summed E-state index contributed by atoms with van der Waals surface area (Å²) < 4.78 is 31.8. The lowest BCUT2D eigenvalue weighted by atomic mass is 10.1. The van der Waals surface area contributed by atoms with Gasteiger partial charge in [-0.25, -0.2) is 13.6 Å². The first-order valence-electron chi connectivity index (χ1n) is 6.09. The Morgan fingerprint density at radius 1 is 1.42 bits per heavy atom. The molecule has 0 bridgehead atoms. The number of carbonyl (C=O) groups is 2. The van der Waals surface area contributed by atoms with Crippen molar-refractivity contribution in [1.82, 2.24) is 4.90 Å². The van der Waals surface area contributed by atoms with Gasteiger partial charge in [0.05, 0.1) is 6.54 Å². The number of aliphatic carboxylic acids is 1. The molecule has 110 valence electrons. The van der Waals surface area contributed by atoms with E-state index in [1.54, 1.807) is 20.8 Å². The number of carbonyl (C=O) groups excluding carboxylic acids is 1. The second-order valence-corrected chi connectivity index (χ2v) is 5.75. The molecule has 1 fully saturated rings. The number of carboxylic acids is 1. The van der Waals surface area contributed by atoms with Gasteiger partial charge in [-0.1, -0.05) is 0 Å². The van der Waals surface area contributed by atoms with E-state index in [-0.39, 0.29) is 12.8 Å². The van der Waals surface area contributed by atoms with E-state index >= 15 is 0 Å². The predicted molar refractivity (Wildman–Crippen MR) is 63.2 cm³/mol. The van der Waals surface area contributed by atoms with Crippen LogP contribution in [0.2, 0.25) is 0 Å². The van der Waals surface area contributed by atoms with Crippen molar-refractivity contribution in [2.24, 2.45) is 0 Å². The molecule has 0 aromatic carbocycles. The second kappa shape index (κ2) is 5.30. The van der Waals surface area contributed by atoms with Crippen LogP contribution in [0.1, 0.15) is 40.0 Å². The van der Waals surface area contributed by atoms with Crippen molar-refractivity contribution in [3.05, 3.63) is 0 Å². The fourth-order valence-corrected chi connectivity index (χ4v) is 1.98. The zero-order valence-electron chi connectivity index (χ0n) is 11.3. The van der Waals surface area contributed by atoms with Gasteiger partial charge in [-0.3, -0.25) is 9.69 Å². The smallest absolute Gasteiger partial charge is 0.410 e. The van der Waals surface area contributed by atoms with Gasteiger partial charge in [0.15, 0.2) is 0 Å². The summed E-state index contributed by atoms with van der Waals surface area (Å²) in [6.07, 6.45) is -1.58. The van der Waals surface area contributed by atoms with Crippen LogP contribution in [-0.2, 0) is 9.53 Å². The molecule has 0 aromatic heterocycles. The number of alkyl halides is 2. The minimum absolute atomic E-state index is 0.00413. The molecule has 1 atom stereocenters. The van der Waals surface area contributed by atoms with Crippen LogP contribution in [0.5, 0.6) is 0 Å². The Balaban J connectivity index is 2.71. The number of carboxylic acid groups (broad SMARTS) is 1. The number of amides is 1. The summed E-state index contributed by atoms with van der Waals surface area (Å²) in [5.74, 6) is -4.06. The highest BCUT2D eigenvalue weighted by Crippen LogP contribution is 2.34. The average Bonchev–Trinajstić information content (AvgIpc) is 2.48. The van der Waals surface area contributed by atoms with Gasteiger partial charge in [-0.05, 0) is 27.2 Å². The summed E-state index contributed by atoms with van der Waals surface area (Å²) >= 11 is 0. The van der Waals surface area contributed by atoms with Crippen molar-refractivity contribution < 1.29 is 28.2 Å². The predicted octanol–water partition coefficient (Wildman–Crippen LogP) is 2.50. The third-order valence-corrected chi connectivity index (χ3v) is 2.70. The number of likely N-dealkylation sites (tertiary alicyclic amines) is 1. The van der Waals surface area contributed by atoms with Crippen molar-refractivity contribution in [2.75, 3.05) is 6.54 Å². The van der Waals surface area contributed by atoms with Crippen molar-refractivity contribution in [1.29, 1.82) is 0 Å². The molecule has 0 radical (unpaired) electrons. The Morgan fingerprint density at radius 3 is 2.47 bits per heavy atom. The fraction of sp³-hybridized carbons (Fsp3) is 0.833. The first-order chi connectivity index (χ1) is 8.50. The van der Waals surface area contributed by atoms with E-state index in [0.29, 0.717) is 0 Å². The van der Waals surface area contributed by atoms with Crippen molar-refractivity contribution >= 4 is 12.1 Å². The number of hydrogen-bond acceptors (Lipinski definition) is 3. The summed E-state index contributed by atoms with van der Waals surface area (Å²) in [7, 11) is 0. The fourth-order valence-electron chi connectivity index (χ4n) is 1.98. The highest BCUT2D eigenvalue weighted by atomic mass is 19.3. The zero-order chi connectivity index (χ0) is 14.8. The third-order valence-electron chi connectivity index (χ3n) is 2.70. The lowest BCUT2D eigenvalue weighted by Crippen LogP contribution is -2.40. The van der Waals surface area contributed by atoms with Gasteiger partial charge in [-0.15, -0.1) is 0 Å². The summed E-state index contributed by atoms with van der Waals surface area (Å²) in [4.78, 5) is 23.3. The first-order valence-corrected chi connectivity index (χ1v) is 6.09. The summed E-state index contributed by atoms with van der Waals surface area (Å²) in [5, 5.41) is 8.59. The molecule has 0 aliphatic carbocycles. The van der Waals surface area contributed by atoms with Gasteiger partial charge < -0.3 is 9.84 Å². The van der Waals surface area contributed by atoms with Gasteiger partial charge in [0.25, 0.3) is 5.92 Å². The minimum Gasteiger partial charge on any atom is -0.481 e. The maximum absolute atomic E-state index is 13.4. The maximum atomic E-state index is 13.4. The first kappa shape index (κ1) is 15.7. The number of rotatable bonds is 3. The van der Waals surface area contributed by atoms with Crippen LogP contribution in [0.3, 0.4) is 0 Å². The molecule has 1 saturated heterocycles. The van der Waals surface area contributed by atoms with Crippen molar-refractivity contribution in [3.63, 3.8) is 0 Å². The molecule has 1 aliphatic heterocycles. The van der Waals surface area contributed by atoms with E-state index in [1.807, 2.05) is 0 Å². The number of hydrogen-bond donors (Lipinski definition) is 1. The standard InChI is InChI=1S/C12H19F2NO4/c1-11(2,3)19-10(18)15-7-12(13,14)6-8(15)4-5-9(16)17/h8H,4-7H2,1-3H3,(H,16,17)/t8-/m0/s1. The Kier molecular flexibility index (Phi) is 4.37. The molecule has 1 aliphatic rings. The molecule has 0 aromatic rings. The van der Waals surface area contributed by atoms with Crippen LogP contribution in [0.25, 0.3) is 0 Å². The van der Waals surface area contributed by atoms with Gasteiger partial charge in [0.1, 0.15) is 5.60 Å². The molecule has 0 spiro atoms. The maximum Gasteiger partial charge on any atom is 0.410 e. The van der Waals surface area contributed by atoms with Crippen LogP contribution >= 0.6 is 0 Å². The molecule has 1 rings (SSSR count). The Bertz CT molecular complexity index is 365. The molecule has 0 unspecified atom stereocenters. The molecule has 1 heterocycles. The van der Waals surface area contributed by atoms with E-state index in [4.69, 9.17) is 9.84 Å². The molecule has 7 heteroatoms. The van der Waals surface area contributed by atoms with Gasteiger partial charge in [-0.2, -0.15) is 0 Å². The van der Waals surface area contributed by atoms with Crippen molar-refractivity contribution in [2.45, 2.75) is 57.6 Å². The zero-order valence-corrected chi connectivity index (χ0v) is 11.3. The average molecular weight is 279 g/mol. The van der Waals surface area contributed by atoms with Gasteiger partial charge in [0.2, 0.25) is 0 Å². The molecular weight excluding hydrogens is 260 g/mol. The van der Waals surface area contributed by atoms with E-state index in [0.717, 1.165) is 4.90 Å². The Morgan fingerprint density at radius 2 is 2.00 bits per heavy atom. The number of halogens is 2. The van der Waals surface area contributed by atoms with E-state index in [2.05, 4.69) is 0 Å². The SMILES string of the molecule is CC(C)(C)OC(=O)N1CC(F)(F)C[C@@H]1CCC(=O)O. The lowest BCUT2D eigenvalue weighted by Gasteiger charge is -2.27. The third kappa shape index (κ3) is 5.00. The molecule has 1 N–H and O–H groups in total. The molecule has 0 saturated carbocycles. The highest BCUT2D eigenvalue weighted by molar-refractivity contribution is 5.70. The van der Waals surface area contributed by atoms with Crippen LogP contribution in [0, 0.1) is 0 Å². The molecule has 19 heavy (non-hydrogen) atoms. The summed E-state index contributed by atoms with van der Waals surface area (Å²) in [5.41, 5.74) is -0.772. The number of ether oxygens (including phenoxy) is 1. The van der Waals surface area contributed by atoms with E-state index in [9.17, 15) is 18.4 Å². The second-order valence-electron chi connectivity index (χ2n) is 5.75. The highest BCUT2D eigenvalue weighted by Gasteiger charge is 2.47. The summed E-state index contributed by atoms with van der Waals surface area (Å²) in [6.45, 7) is 4.22.